The predicted octanol–water partition coefficient (Wildman–Crippen LogP) is 5.38. The van der Waals surface area contributed by atoms with Crippen molar-refractivity contribution in [2.75, 3.05) is 65.8 Å². The second-order valence-electron chi connectivity index (χ2n) is 9.16. The second kappa shape index (κ2) is 25.4. The fourth-order valence-corrected chi connectivity index (χ4v) is 9.19. The molecule has 8 nitrogen and oxygen atoms in total. The molecule has 0 fully saturated rings. The molecule has 0 radical (unpaired) electrons. The fourth-order valence-electron chi connectivity index (χ4n) is 3.51. The van der Waals surface area contributed by atoms with E-state index in [9.17, 15) is 0 Å². The zero-order valence-electron chi connectivity index (χ0n) is 24.6. The van der Waals surface area contributed by atoms with Crippen LogP contribution in [0.1, 0.15) is 92.9 Å². The lowest BCUT2D eigenvalue weighted by molar-refractivity contribution is 0.0581. The van der Waals surface area contributed by atoms with E-state index in [0.29, 0.717) is 39.6 Å². The third-order valence-corrected chi connectivity index (χ3v) is 11.1. The van der Waals surface area contributed by atoms with Crippen LogP contribution in [0.15, 0.2) is 0 Å². The smallest absolute Gasteiger partial charge is 0.373 e. The zero-order valence-corrected chi connectivity index (χ0v) is 26.6. The highest BCUT2D eigenvalue weighted by molar-refractivity contribution is 6.61. The molecule has 2 N–H and O–H groups in total. The molecule has 0 spiro atoms. The lowest BCUT2D eigenvalue weighted by atomic mass is 10.4. The third-order valence-electron chi connectivity index (χ3n) is 5.31. The first-order chi connectivity index (χ1) is 17.6. The topological polar surface area (TPSA) is 79.4 Å². The maximum absolute atomic E-state index is 6.18. The van der Waals surface area contributed by atoms with Gasteiger partial charge in [-0.25, -0.2) is 0 Å². The van der Waals surface area contributed by atoms with Crippen LogP contribution in [-0.4, -0.2) is 83.4 Å². The van der Waals surface area contributed by atoms with Crippen molar-refractivity contribution in [3.63, 3.8) is 0 Å². The summed E-state index contributed by atoms with van der Waals surface area (Å²) in [6, 6.07) is 1.74. The van der Waals surface area contributed by atoms with E-state index < -0.39 is 17.6 Å². The average Bonchev–Trinajstić information content (AvgIpc) is 2.90. The standard InChI is InChI=1S/C26H60N2O6Si2/c1-7-19-29-35(30-20-8-2,31-21-9-3)25-13-15-27-17-18-28-16-14-26-36(32-22-10-4,33-23-11-5)34-24-12-6/h27-28H,7-26H2,1-6H3. The van der Waals surface area contributed by atoms with Crippen LogP contribution in [0, 0.1) is 0 Å². The molecule has 0 heterocycles. The van der Waals surface area contributed by atoms with Crippen molar-refractivity contribution in [1.29, 1.82) is 0 Å². The number of hydrogen-bond donors (Lipinski definition) is 2. The Morgan fingerprint density at radius 3 is 0.861 bits per heavy atom. The van der Waals surface area contributed by atoms with Crippen molar-refractivity contribution < 1.29 is 26.6 Å². The molecular weight excluding hydrogens is 492 g/mol. The summed E-state index contributed by atoms with van der Waals surface area (Å²) in [6.07, 6.45) is 7.87. The van der Waals surface area contributed by atoms with E-state index in [1.807, 2.05) is 0 Å². The lowest BCUT2D eigenvalue weighted by Gasteiger charge is -2.30. The summed E-state index contributed by atoms with van der Waals surface area (Å²) in [6.45, 7) is 20.8. The molecule has 0 atom stereocenters. The van der Waals surface area contributed by atoms with Gasteiger partial charge in [-0.2, -0.15) is 0 Å². The highest BCUT2D eigenvalue weighted by Crippen LogP contribution is 2.20. The fraction of sp³-hybridized carbons (Fsp3) is 1.00. The van der Waals surface area contributed by atoms with Gasteiger partial charge >= 0.3 is 17.6 Å². The predicted molar refractivity (Wildman–Crippen MR) is 154 cm³/mol. The molecule has 0 aliphatic heterocycles. The molecule has 0 amide bonds. The Hall–Kier alpha value is 0.114. The molecule has 0 saturated carbocycles. The maximum Gasteiger partial charge on any atom is 0.501 e. The van der Waals surface area contributed by atoms with Gasteiger partial charge in [0.1, 0.15) is 0 Å². The number of hydrogen-bond acceptors (Lipinski definition) is 8. The quantitative estimate of drug-likeness (QED) is 0.0945. The van der Waals surface area contributed by atoms with Crippen LogP contribution in [0.5, 0.6) is 0 Å². The summed E-state index contributed by atoms with van der Waals surface area (Å²) in [5, 5.41) is 7.09. The van der Waals surface area contributed by atoms with E-state index in [1.165, 1.54) is 0 Å². The van der Waals surface area contributed by atoms with Crippen molar-refractivity contribution in [2.24, 2.45) is 0 Å². The van der Waals surface area contributed by atoms with Crippen LogP contribution >= 0.6 is 0 Å². The Morgan fingerprint density at radius 2 is 0.639 bits per heavy atom. The average molecular weight is 553 g/mol. The van der Waals surface area contributed by atoms with E-state index in [2.05, 4.69) is 52.2 Å². The SMILES string of the molecule is CCCO[Si](CCCNCCNCCC[Si](OCCC)(OCCC)OCCC)(OCCC)OCCC. The van der Waals surface area contributed by atoms with E-state index >= 15 is 0 Å². The van der Waals surface area contributed by atoms with Crippen LogP contribution in [0.25, 0.3) is 0 Å². The lowest BCUT2D eigenvalue weighted by Crippen LogP contribution is -2.47. The molecule has 0 aliphatic rings. The first kappa shape index (κ1) is 36.1. The van der Waals surface area contributed by atoms with Gasteiger partial charge in [-0.3, -0.25) is 0 Å². The first-order valence-corrected chi connectivity index (χ1v) is 18.7. The second-order valence-corrected chi connectivity index (χ2v) is 14.6. The van der Waals surface area contributed by atoms with Gasteiger partial charge in [-0.05, 0) is 64.5 Å². The molecule has 0 aromatic rings. The van der Waals surface area contributed by atoms with E-state index in [4.69, 9.17) is 26.6 Å². The molecule has 0 aliphatic carbocycles. The normalized spacial score (nSPS) is 12.5. The Labute approximate surface area is 225 Å². The minimum absolute atomic E-state index is 0.706. The highest BCUT2D eigenvalue weighted by atomic mass is 28.4. The Kier molecular flexibility index (Phi) is 25.5. The van der Waals surface area contributed by atoms with Crippen molar-refractivity contribution in [1.82, 2.24) is 10.6 Å². The molecule has 36 heavy (non-hydrogen) atoms. The minimum Gasteiger partial charge on any atom is -0.373 e. The molecule has 0 aromatic carbocycles. The van der Waals surface area contributed by atoms with Gasteiger partial charge in [0, 0.05) is 64.8 Å². The van der Waals surface area contributed by atoms with Crippen LogP contribution in [0.2, 0.25) is 12.1 Å². The molecule has 0 bridgehead atoms. The maximum atomic E-state index is 6.18. The van der Waals surface area contributed by atoms with Gasteiger partial charge < -0.3 is 37.2 Å². The monoisotopic (exact) mass is 552 g/mol. The zero-order chi connectivity index (χ0) is 26.8. The molecule has 0 aromatic heterocycles. The summed E-state index contributed by atoms with van der Waals surface area (Å²) in [5.74, 6) is 0. The Bertz CT molecular complexity index is 383. The highest BCUT2D eigenvalue weighted by Gasteiger charge is 2.41. The minimum atomic E-state index is -2.58. The van der Waals surface area contributed by atoms with Gasteiger partial charge in [-0.15, -0.1) is 0 Å². The van der Waals surface area contributed by atoms with Gasteiger partial charge in [0.05, 0.1) is 0 Å². The van der Waals surface area contributed by atoms with Crippen molar-refractivity contribution in [3.05, 3.63) is 0 Å². The summed E-state index contributed by atoms with van der Waals surface area (Å²) in [5.41, 5.74) is 0. The third kappa shape index (κ3) is 18.4. The van der Waals surface area contributed by atoms with Crippen LogP contribution < -0.4 is 10.6 Å². The Balaban J connectivity index is 4.30. The van der Waals surface area contributed by atoms with Crippen molar-refractivity contribution in [2.45, 2.75) is 105 Å². The summed E-state index contributed by atoms with van der Waals surface area (Å²) < 4.78 is 37.1. The molecule has 0 saturated heterocycles. The van der Waals surface area contributed by atoms with Gasteiger partial charge in [0.15, 0.2) is 0 Å². The van der Waals surface area contributed by atoms with Crippen molar-refractivity contribution >= 4 is 17.6 Å². The summed E-state index contributed by atoms with van der Waals surface area (Å²) in [7, 11) is -5.16. The Morgan fingerprint density at radius 1 is 0.389 bits per heavy atom. The van der Waals surface area contributed by atoms with Gasteiger partial charge in [-0.1, -0.05) is 41.5 Å². The molecule has 10 heteroatoms. The molecule has 218 valence electrons. The molecule has 0 unspecified atom stereocenters. The van der Waals surface area contributed by atoms with E-state index in [1.54, 1.807) is 0 Å². The molecule has 0 rings (SSSR count). The summed E-state index contributed by atoms with van der Waals surface area (Å²) in [4.78, 5) is 0. The van der Waals surface area contributed by atoms with E-state index in [-0.39, 0.29) is 0 Å². The van der Waals surface area contributed by atoms with Crippen LogP contribution in [0.3, 0.4) is 0 Å². The molecular formula is C26H60N2O6Si2. The largest absolute Gasteiger partial charge is 0.501 e. The number of rotatable bonds is 29. The van der Waals surface area contributed by atoms with Gasteiger partial charge in [0.25, 0.3) is 0 Å². The first-order valence-electron chi connectivity index (χ1n) is 14.8. The van der Waals surface area contributed by atoms with Gasteiger partial charge in [0.2, 0.25) is 0 Å². The van der Waals surface area contributed by atoms with Crippen LogP contribution in [-0.2, 0) is 26.6 Å². The number of nitrogens with one attached hydrogen (secondary N) is 2. The van der Waals surface area contributed by atoms with Crippen molar-refractivity contribution in [3.8, 4) is 0 Å². The summed E-state index contributed by atoms with van der Waals surface area (Å²) >= 11 is 0. The van der Waals surface area contributed by atoms with E-state index in [0.717, 1.165) is 89.6 Å². The van der Waals surface area contributed by atoms with Crippen LogP contribution in [0.4, 0.5) is 0 Å².